The predicted molar refractivity (Wildman–Crippen MR) is 28.8 cm³/mol. The Morgan fingerprint density at radius 3 is 2.18 bits per heavy atom. The summed E-state index contributed by atoms with van der Waals surface area (Å²) in [6, 6.07) is 0. The van der Waals surface area contributed by atoms with Crippen LogP contribution in [0.15, 0.2) is 0 Å². The molecule has 0 aliphatic rings. The van der Waals surface area contributed by atoms with E-state index in [0.717, 1.165) is 0 Å². The van der Waals surface area contributed by atoms with Crippen molar-refractivity contribution in [2.24, 2.45) is 5.92 Å². The lowest BCUT2D eigenvalue weighted by Gasteiger charge is -2.10. The van der Waals surface area contributed by atoms with Crippen molar-refractivity contribution in [1.29, 1.82) is 0 Å². The van der Waals surface area contributed by atoms with Crippen molar-refractivity contribution in [3.05, 3.63) is 0 Å². The molecule has 11 heavy (non-hydrogen) atoms. The maximum atomic E-state index is 9.99. The van der Waals surface area contributed by atoms with E-state index in [2.05, 4.69) is 0 Å². The summed E-state index contributed by atoms with van der Waals surface area (Å²) in [7, 11) is 0. The highest BCUT2D eigenvalue weighted by atomic mass is 16.4. The molecule has 0 saturated carbocycles. The van der Waals surface area contributed by atoms with Crippen LogP contribution in [0, 0.1) is 5.92 Å². The zero-order chi connectivity index (χ0) is 8.85. The van der Waals surface area contributed by atoms with Crippen LogP contribution in [-0.2, 0) is 14.4 Å². The monoisotopic (exact) mass is 158 g/mol. The van der Waals surface area contributed by atoms with Crippen molar-refractivity contribution in [3.8, 4) is 0 Å². The van der Waals surface area contributed by atoms with Crippen LogP contribution in [0.3, 0.4) is 0 Å². The molecule has 0 aromatic carbocycles. The summed E-state index contributed by atoms with van der Waals surface area (Å²) in [6.45, 7) is 0. The summed E-state index contributed by atoms with van der Waals surface area (Å²) in [5, 5.41) is 19.8. The lowest BCUT2D eigenvalue weighted by molar-refractivity contribution is -0.311. The van der Waals surface area contributed by atoms with E-state index in [1.807, 2.05) is 0 Å². The van der Waals surface area contributed by atoms with E-state index in [9.17, 15) is 24.6 Å². The molecule has 0 radical (unpaired) electrons. The number of aliphatic carboxylic acids is 2. The Labute approximate surface area is 62.6 Å². The molecular weight excluding hydrogens is 152 g/mol. The van der Waals surface area contributed by atoms with Gasteiger partial charge in [-0.1, -0.05) is 0 Å². The molecule has 5 nitrogen and oxygen atoms in total. The van der Waals surface area contributed by atoms with E-state index < -0.39 is 24.3 Å². The number of aldehydes is 1. The van der Waals surface area contributed by atoms with E-state index in [1.165, 1.54) is 0 Å². The highest BCUT2D eigenvalue weighted by molar-refractivity contribution is 5.85. The first-order valence-corrected chi connectivity index (χ1v) is 2.94. The molecule has 0 saturated heterocycles. The lowest BCUT2D eigenvalue weighted by atomic mass is 10.1. The van der Waals surface area contributed by atoms with Gasteiger partial charge in [-0.25, -0.2) is 0 Å². The second-order valence-corrected chi connectivity index (χ2v) is 1.97. The molecule has 0 amide bonds. The summed E-state index contributed by atoms with van der Waals surface area (Å²) in [5.41, 5.74) is 0. The Morgan fingerprint density at radius 1 is 1.36 bits per heavy atom. The Bertz CT molecular complexity index is 174. The van der Waals surface area contributed by atoms with Crippen LogP contribution in [0.2, 0.25) is 0 Å². The molecule has 0 aromatic heterocycles. The molecule has 0 spiro atoms. The van der Waals surface area contributed by atoms with Gasteiger partial charge in [0.2, 0.25) is 0 Å². The Kier molecular flexibility index (Phi) is 3.87. The second kappa shape index (κ2) is 4.43. The summed E-state index contributed by atoms with van der Waals surface area (Å²) in [6.07, 6.45) is -0.566. The van der Waals surface area contributed by atoms with Gasteiger partial charge < -0.3 is 24.6 Å². The summed E-state index contributed by atoms with van der Waals surface area (Å²) in [5.74, 6) is -4.27. The lowest BCUT2D eigenvalue weighted by Crippen LogP contribution is -2.33. The minimum atomic E-state index is -1.55. The summed E-state index contributed by atoms with van der Waals surface area (Å²) < 4.78 is 0. The van der Waals surface area contributed by atoms with Crippen molar-refractivity contribution < 1.29 is 24.6 Å². The van der Waals surface area contributed by atoms with Gasteiger partial charge in [0, 0.05) is 5.97 Å². The number of hydrogen-bond donors (Lipinski definition) is 0. The quantitative estimate of drug-likeness (QED) is 0.315. The zero-order valence-electron chi connectivity index (χ0n) is 5.61. The van der Waals surface area contributed by atoms with Gasteiger partial charge in [-0.2, -0.15) is 0 Å². The van der Waals surface area contributed by atoms with Crippen LogP contribution in [0.4, 0.5) is 0 Å². The minimum absolute atomic E-state index is 0.151. The van der Waals surface area contributed by atoms with E-state index in [0.29, 0.717) is 0 Å². The second-order valence-electron chi connectivity index (χ2n) is 1.97. The highest BCUT2D eigenvalue weighted by Gasteiger charge is 2.07. The predicted octanol–water partition coefficient (Wildman–Crippen LogP) is -2.92. The van der Waals surface area contributed by atoms with Crippen molar-refractivity contribution in [2.45, 2.75) is 12.8 Å². The fourth-order valence-corrected chi connectivity index (χ4v) is 0.515. The molecule has 62 valence electrons. The number of carboxylic acid groups (broad SMARTS) is 2. The van der Waals surface area contributed by atoms with Gasteiger partial charge in [0.05, 0.1) is 11.9 Å². The number of rotatable bonds is 5. The van der Waals surface area contributed by atoms with Crippen molar-refractivity contribution in [1.82, 2.24) is 0 Å². The summed E-state index contributed by atoms with van der Waals surface area (Å²) in [4.78, 5) is 29.7. The van der Waals surface area contributed by atoms with Crippen LogP contribution < -0.4 is 10.2 Å². The third-order valence-electron chi connectivity index (χ3n) is 1.13. The molecule has 1 unspecified atom stereocenters. The van der Waals surface area contributed by atoms with Gasteiger partial charge >= 0.3 is 0 Å². The molecule has 5 heteroatoms. The molecule has 0 fully saturated rings. The SMILES string of the molecule is O=CC(CCC(=O)[O-])C(=O)[O-]. The van der Waals surface area contributed by atoms with Crippen LogP contribution >= 0.6 is 0 Å². The molecule has 0 aliphatic carbocycles. The Balaban J connectivity index is 3.79. The van der Waals surface area contributed by atoms with E-state index in [1.54, 1.807) is 0 Å². The van der Waals surface area contributed by atoms with Gasteiger partial charge in [-0.3, -0.25) is 0 Å². The summed E-state index contributed by atoms with van der Waals surface area (Å²) >= 11 is 0. The van der Waals surface area contributed by atoms with Crippen LogP contribution in [0.5, 0.6) is 0 Å². The average molecular weight is 158 g/mol. The van der Waals surface area contributed by atoms with Crippen molar-refractivity contribution in [3.63, 3.8) is 0 Å². The third kappa shape index (κ3) is 4.07. The molecule has 1 atom stereocenters. The molecule has 0 N–H and O–H groups in total. The first-order chi connectivity index (χ1) is 5.07. The fourth-order valence-electron chi connectivity index (χ4n) is 0.515. The number of carbonyl (C=O) groups excluding carboxylic acids is 3. The van der Waals surface area contributed by atoms with Crippen LogP contribution in [0.25, 0.3) is 0 Å². The number of hydrogen-bond acceptors (Lipinski definition) is 5. The highest BCUT2D eigenvalue weighted by Crippen LogP contribution is 2.00. The standard InChI is InChI=1S/C6H8O5/c7-3-4(6(10)11)1-2-5(8)9/h3-4H,1-2H2,(H,8,9)(H,10,11)/p-2. The minimum Gasteiger partial charge on any atom is -0.550 e. The fraction of sp³-hybridized carbons (Fsp3) is 0.500. The topological polar surface area (TPSA) is 97.3 Å². The van der Waals surface area contributed by atoms with Crippen molar-refractivity contribution >= 4 is 18.2 Å². The first kappa shape index (κ1) is 9.61. The molecule has 0 heterocycles. The molecule has 0 bridgehead atoms. The molecule has 0 aliphatic heterocycles. The smallest absolute Gasteiger partial charge is 0.128 e. The third-order valence-corrected chi connectivity index (χ3v) is 1.13. The normalized spacial score (nSPS) is 12.0. The Hall–Kier alpha value is -1.39. The van der Waals surface area contributed by atoms with Gasteiger partial charge in [-0.15, -0.1) is 0 Å². The largest absolute Gasteiger partial charge is 0.550 e. The number of carboxylic acids is 2. The zero-order valence-corrected chi connectivity index (χ0v) is 5.61. The van der Waals surface area contributed by atoms with E-state index in [-0.39, 0.29) is 12.7 Å². The van der Waals surface area contributed by atoms with Crippen molar-refractivity contribution in [2.75, 3.05) is 0 Å². The van der Waals surface area contributed by atoms with Gasteiger partial charge in [0.1, 0.15) is 6.29 Å². The van der Waals surface area contributed by atoms with Gasteiger partial charge in [-0.05, 0) is 12.8 Å². The van der Waals surface area contributed by atoms with Gasteiger partial charge in [0.15, 0.2) is 0 Å². The maximum absolute atomic E-state index is 9.99. The Morgan fingerprint density at radius 2 is 1.91 bits per heavy atom. The van der Waals surface area contributed by atoms with E-state index in [4.69, 9.17) is 0 Å². The van der Waals surface area contributed by atoms with Crippen LogP contribution in [0.1, 0.15) is 12.8 Å². The maximum Gasteiger partial charge on any atom is 0.128 e. The van der Waals surface area contributed by atoms with Gasteiger partial charge in [0.25, 0.3) is 0 Å². The average Bonchev–Trinajstić information content (AvgIpc) is 1.87. The van der Waals surface area contributed by atoms with E-state index >= 15 is 0 Å². The number of carbonyl (C=O) groups is 3. The molecule has 0 rings (SSSR count). The molecule has 0 aromatic rings. The first-order valence-electron chi connectivity index (χ1n) is 2.94. The molecular formula is C6H6O5-2. The van der Waals surface area contributed by atoms with Crippen LogP contribution in [-0.4, -0.2) is 18.2 Å².